The summed E-state index contributed by atoms with van der Waals surface area (Å²) in [4.78, 5) is 35.1. The van der Waals surface area contributed by atoms with Crippen LogP contribution in [0, 0.1) is 12.3 Å². The minimum atomic E-state index is -1.07. The third-order valence-corrected chi connectivity index (χ3v) is 3.97. The monoisotopic (exact) mass is 372 g/mol. The molecule has 0 spiro atoms. The Kier molecular flexibility index (Phi) is 6.05. The second-order valence-electron chi connectivity index (χ2n) is 7.30. The first kappa shape index (κ1) is 20.2. The highest BCUT2D eigenvalue weighted by atomic mass is 16.4. The Morgan fingerprint density at radius 2 is 1.67 bits per heavy atom. The lowest BCUT2D eigenvalue weighted by Crippen LogP contribution is -2.34. The van der Waals surface area contributed by atoms with Crippen molar-refractivity contribution in [3.05, 3.63) is 58.5 Å². The molecule has 0 bridgehead atoms. The standard InChI is InChI=1S/C20H24N2O5/c1-12-16(18(24)25)9-15(27-12)11-21-17(23)14-7-5-13(6-8-14)10-22-19(26)20(2,3)4/h5-9H,10-11H2,1-4H3,(H,21,23)(H,22,26)(H,24,25). The molecule has 2 rings (SSSR count). The Balaban J connectivity index is 1.91. The van der Waals surface area contributed by atoms with Crippen molar-refractivity contribution in [3.8, 4) is 0 Å². The SMILES string of the molecule is Cc1oc(CNC(=O)c2ccc(CNC(=O)C(C)(C)C)cc2)cc1C(=O)O. The van der Waals surface area contributed by atoms with Crippen molar-refractivity contribution in [3.63, 3.8) is 0 Å². The molecule has 2 amide bonds. The highest BCUT2D eigenvalue weighted by Crippen LogP contribution is 2.15. The van der Waals surface area contributed by atoms with Gasteiger partial charge in [0.1, 0.15) is 17.1 Å². The molecule has 0 atom stereocenters. The second kappa shape index (κ2) is 8.07. The Hall–Kier alpha value is -3.09. The summed E-state index contributed by atoms with van der Waals surface area (Å²) in [7, 11) is 0. The van der Waals surface area contributed by atoms with Crippen molar-refractivity contribution < 1.29 is 23.9 Å². The first-order valence-electron chi connectivity index (χ1n) is 8.56. The molecule has 7 heteroatoms. The third-order valence-electron chi connectivity index (χ3n) is 3.97. The lowest BCUT2D eigenvalue weighted by atomic mass is 9.95. The van der Waals surface area contributed by atoms with Gasteiger partial charge in [0.2, 0.25) is 5.91 Å². The van der Waals surface area contributed by atoms with Crippen LogP contribution in [0.5, 0.6) is 0 Å². The average molecular weight is 372 g/mol. The van der Waals surface area contributed by atoms with Gasteiger partial charge in [-0.15, -0.1) is 0 Å². The van der Waals surface area contributed by atoms with Gasteiger partial charge in [-0.2, -0.15) is 0 Å². The largest absolute Gasteiger partial charge is 0.478 e. The summed E-state index contributed by atoms with van der Waals surface area (Å²) >= 11 is 0. The number of hydrogen-bond donors (Lipinski definition) is 3. The topological polar surface area (TPSA) is 109 Å². The first-order chi connectivity index (χ1) is 12.6. The number of carboxylic acid groups (broad SMARTS) is 1. The van der Waals surface area contributed by atoms with Crippen LogP contribution in [0.3, 0.4) is 0 Å². The van der Waals surface area contributed by atoms with Gasteiger partial charge in [-0.25, -0.2) is 4.79 Å². The van der Waals surface area contributed by atoms with E-state index in [9.17, 15) is 14.4 Å². The molecule has 1 heterocycles. The summed E-state index contributed by atoms with van der Waals surface area (Å²) in [5.41, 5.74) is 0.977. The van der Waals surface area contributed by atoms with Crippen molar-refractivity contribution in [2.45, 2.75) is 40.8 Å². The lowest BCUT2D eigenvalue weighted by Gasteiger charge is -2.17. The number of aromatic carboxylic acids is 1. The Labute approximate surface area is 157 Å². The number of rotatable bonds is 6. The Bertz CT molecular complexity index is 844. The lowest BCUT2D eigenvalue weighted by molar-refractivity contribution is -0.128. The van der Waals surface area contributed by atoms with Gasteiger partial charge in [0.25, 0.3) is 5.91 Å². The van der Waals surface area contributed by atoms with Crippen LogP contribution in [0.25, 0.3) is 0 Å². The number of aryl methyl sites for hydroxylation is 1. The predicted octanol–water partition coefficient (Wildman–Crippen LogP) is 2.88. The smallest absolute Gasteiger partial charge is 0.339 e. The van der Waals surface area contributed by atoms with Crippen LogP contribution in [0.15, 0.2) is 34.7 Å². The summed E-state index contributed by atoms with van der Waals surface area (Å²) in [5, 5.41) is 14.5. The average Bonchev–Trinajstić information content (AvgIpc) is 2.98. The van der Waals surface area contributed by atoms with Crippen molar-refractivity contribution in [2.75, 3.05) is 0 Å². The summed E-state index contributed by atoms with van der Waals surface area (Å²) in [6, 6.07) is 8.29. The number of furan rings is 1. The van der Waals surface area contributed by atoms with Crippen LogP contribution in [0.1, 0.15) is 58.6 Å². The van der Waals surface area contributed by atoms with Gasteiger partial charge in [0, 0.05) is 17.5 Å². The highest BCUT2D eigenvalue weighted by molar-refractivity contribution is 5.94. The summed E-state index contributed by atoms with van der Waals surface area (Å²) in [6.45, 7) is 7.57. The first-order valence-corrected chi connectivity index (χ1v) is 8.56. The maximum absolute atomic E-state index is 12.2. The van der Waals surface area contributed by atoms with Crippen LogP contribution in [0.2, 0.25) is 0 Å². The van der Waals surface area contributed by atoms with Crippen LogP contribution in [-0.4, -0.2) is 22.9 Å². The van der Waals surface area contributed by atoms with Gasteiger partial charge < -0.3 is 20.2 Å². The molecule has 2 aromatic rings. The molecule has 0 saturated heterocycles. The molecule has 1 aromatic heterocycles. The molecule has 3 N–H and O–H groups in total. The van der Waals surface area contributed by atoms with E-state index in [1.54, 1.807) is 31.2 Å². The van der Waals surface area contributed by atoms with Crippen molar-refractivity contribution in [2.24, 2.45) is 5.41 Å². The zero-order chi connectivity index (χ0) is 20.2. The molecule has 0 aliphatic carbocycles. The minimum Gasteiger partial charge on any atom is -0.478 e. The second-order valence-corrected chi connectivity index (χ2v) is 7.30. The van der Waals surface area contributed by atoms with Crippen LogP contribution in [0.4, 0.5) is 0 Å². The number of benzene rings is 1. The zero-order valence-corrected chi connectivity index (χ0v) is 15.9. The predicted molar refractivity (Wildman–Crippen MR) is 99.3 cm³/mol. The summed E-state index contributed by atoms with van der Waals surface area (Å²) < 4.78 is 5.33. The molecule has 144 valence electrons. The van der Waals surface area contributed by atoms with E-state index in [1.807, 2.05) is 20.8 Å². The molecular weight excluding hydrogens is 348 g/mol. The summed E-state index contributed by atoms with van der Waals surface area (Å²) in [5.74, 6) is -0.735. The molecule has 0 saturated carbocycles. The molecule has 0 fully saturated rings. The van der Waals surface area contributed by atoms with Crippen LogP contribution in [-0.2, 0) is 17.9 Å². The number of carbonyl (C=O) groups excluding carboxylic acids is 2. The molecule has 7 nitrogen and oxygen atoms in total. The number of amides is 2. The van der Waals surface area contributed by atoms with E-state index in [2.05, 4.69) is 10.6 Å². The van der Waals surface area contributed by atoms with Crippen LogP contribution >= 0.6 is 0 Å². The van der Waals surface area contributed by atoms with E-state index in [4.69, 9.17) is 9.52 Å². The van der Waals surface area contributed by atoms with Gasteiger partial charge in [-0.1, -0.05) is 32.9 Å². The molecular formula is C20H24N2O5. The minimum absolute atomic E-state index is 0.0428. The molecule has 0 unspecified atom stereocenters. The number of hydrogen-bond acceptors (Lipinski definition) is 4. The fraction of sp³-hybridized carbons (Fsp3) is 0.350. The van der Waals surface area contributed by atoms with Gasteiger partial charge in [-0.3, -0.25) is 9.59 Å². The van der Waals surface area contributed by atoms with Crippen LogP contribution < -0.4 is 10.6 Å². The van der Waals surface area contributed by atoms with Gasteiger partial charge in [0.15, 0.2) is 0 Å². The van der Waals surface area contributed by atoms with Gasteiger partial charge >= 0.3 is 5.97 Å². The molecule has 0 aliphatic rings. The van der Waals surface area contributed by atoms with E-state index in [0.29, 0.717) is 23.6 Å². The molecule has 27 heavy (non-hydrogen) atoms. The van der Waals surface area contributed by atoms with Crippen molar-refractivity contribution in [1.82, 2.24) is 10.6 Å². The number of carbonyl (C=O) groups is 3. The number of nitrogens with one attached hydrogen (secondary N) is 2. The van der Waals surface area contributed by atoms with Gasteiger partial charge in [0.05, 0.1) is 6.54 Å². The fourth-order valence-corrected chi connectivity index (χ4v) is 2.33. The quantitative estimate of drug-likeness (QED) is 0.722. The maximum Gasteiger partial charge on any atom is 0.339 e. The van der Waals surface area contributed by atoms with E-state index in [1.165, 1.54) is 6.07 Å². The molecule has 1 aromatic carbocycles. The van der Waals surface area contributed by atoms with Crippen molar-refractivity contribution in [1.29, 1.82) is 0 Å². The molecule has 0 aliphatic heterocycles. The number of carboxylic acids is 1. The zero-order valence-electron chi connectivity index (χ0n) is 15.9. The third kappa shape index (κ3) is 5.44. The van der Waals surface area contributed by atoms with Gasteiger partial charge in [-0.05, 0) is 30.7 Å². The van der Waals surface area contributed by atoms with E-state index < -0.39 is 11.4 Å². The summed E-state index contributed by atoms with van der Waals surface area (Å²) in [6.07, 6.45) is 0. The van der Waals surface area contributed by atoms with E-state index in [0.717, 1.165) is 5.56 Å². The molecule has 0 radical (unpaired) electrons. The maximum atomic E-state index is 12.2. The Morgan fingerprint density at radius 3 is 2.19 bits per heavy atom. The fourth-order valence-electron chi connectivity index (χ4n) is 2.33. The van der Waals surface area contributed by atoms with Crippen molar-refractivity contribution >= 4 is 17.8 Å². The van der Waals surface area contributed by atoms with E-state index >= 15 is 0 Å². The normalized spacial score (nSPS) is 11.1. The highest BCUT2D eigenvalue weighted by Gasteiger charge is 2.20. The van der Waals surface area contributed by atoms with E-state index in [-0.39, 0.29) is 23.9 Å². The Morgan fingerprint density at radius 1 is 1.04 bits per heavy atom.